The maximum atomic E-state index is 12.0. The molecule has 0 aromatic heterocycles. The molecule has 0 aliphatic rings. The van der Waals surface area contributed by atoms with E-state index >= 15 is 0 Å². The van der Waals surface area contributed by atoms with Crippen molar-refractivity contribution in [1.82, 2.24) is 0 Å². The minimum absolute atomic E-state index is 0.0385. The molecule has 0 saturated heterocycles. The first-order chi connectivity index (χ1) is 9.29. The number of hydrogen-bond acceptors (Lipinski definition) is 4. The first-order valence-electron chi connectivity index (χ1n) is 6.87. The number of aryl methyl sites for hydroxylation is 1. The minimum atomic E-state index is -3.14. The summed E-state index contributed by atoms with van der Waals surface area (Å²) in [6, 6.07) is 7.68. The standard InChI is InChI=1S/C15H25NO3S/c1-12(2)20(18,19)9-8-15(10-16,11-17)14-7-5-4-6-13(14)3/h4-7,12,17H,8-11,16H2,1-3H3. The third kappa shape index (κ3) is 3.59. The van der Waals surface area contributed by atoms with Gasteiger partial charge in [-0.1, -0.05) is 24.3 Å². The van der Waals surface area contributed by atoms with Crippen LogP contribution >= 0.6 is 0 Å². The predicted molar refractivity (Wildman–Crippen MR) is 82.5 cm³/mol. The molecule has 1 aromatic rings. The van der Waals surface area contributed by atoms with Crippen molar-refractivity contribution in [2.24, 2.45) is 5.73 Å². The number of sulfone groups is 1. The minimum Gasteiger partial charge on any atom is -0.395 e. The van der Waals surface area contributed by atoms with Crippen molar-refractivity contribution in [2.45, 2.75) is 37.9 Å². The molecule has 1 rings (SSSR count). The molecule has 0 fully saturated rings. The van der Waals surface area contributed by atoms with Crippen LogP contribution in [0.15, 0.2) is 24.3 Å². The monoisotopic (exact) mass is 299 g/mol. The molecular formula is C15H25NO3S. The Morgan fingerprint density at radius 3 is 2.35 bits per heavy atom. The third-order valence-electron chi connectivity index (χ3n) is 3.99. The molecule has 1 atom stereocenters. The number of rotatable bonds is 7. The van der Waals surface area contributed by atoms with Gasteiger partial charge >= 0.3 is 0 Å². The Morgan fingerprint density at radius 2 is 1.90 bits per heavy atom. The summed E-state index contributed by atoms with van der Waals surface area (Å²) in [6.45, 7) is 5.37. The van der Waals surface area contributed by atoms with Crippen molar-refractivity contribution in [2.75, 3.05) is 18.9 Å². The van der Waals surface area contributed by atoms with Crippen LogP contribution in [-0.2, 0) is 15.3 Å². The Balaban J connectivity index is 3.09. The van der Waals surface area contributed by atoms with Crippen molar-refractivity contribution >= 4 is 9.84 Å². The molecule has 0 heterocycles. The molecule has 5 heteroatoms. The maximum absolute atomic E-state index is 12.0. The van der Waals surface area contributed by atoms with Crippen LogP contribution in [0.3, 0.4) is 0 Å². The molecule has 1 aromatic carbocycles. The zero-order chi connectivity index (χ0) is 15.4. The Morgan fingerprint density at radius 1 is 1.30 bits per heavy atom. The van der Waals surface area contributed by atoms with Crippen molar-refractivity contribution in [1.29, 1.82) is 0 Å². The zero-order valence-corrected chi connectivity index (χ0v) is 13.3. The van der Waals surface area contributed by atoms with Gasteiger partial charge in [0.15, 0.2) is 9.84 Å². The largest absolute Gasteiger partial charge is 0.395 e. The van der Waals surface area contributed by atoms with Gasteiger partial charge in [-0.15, -0.1) is 0 Å². The maximum Gasteiger partial charge on any atom is 0.152 e. The second-order valence-corrected chi connectivity index (χ2v) is 8.30. The van der Waals surface area contributed by atoms with Gasteiger partial charge in [0.2, 0.25) is 0 Å². The Kier molecular flexibility index (Phi) is 5.74. The Labute approximate surface area is 121 Å². The molecule has 3 N–H and O–H groups in total. The van der Waals surface area contributed by atoms with E-state index in [2.05, 4.69) is 0 Å². The Bertz CT molecular complexity index is 534. The van der Waals surface area contributed by atoms with Crippen molar-refractivity contribution in [3.05, 3.63) is 35.4 Å². The van der Waals surface area contributed by atoms with E-state index in [0.29, 0.717) is 6.42 Å². The van der Waals surface area contributed by atoms with Crippen LogP contribution in [0, 0.1) is 6.92 Å². The zero-order valence-electron chi connectivity index (χ0n) is 12.5. The van der Waals surface area contributed by atoms with Crippen molar-refractivity contribution < 1.29 is 13.5 Å². The summed E-state index contributed by atoms with van der Waals surface area (Å²) in [6.07, 6.45) is 0.339. The summed E-state index contributed by atoms with van der Waals surface area (Å²) in [5.41, 5.74) is 7.14. The van der Waals surface area contributed by atoms with Gasteiger partial charge in [-0.05, 0) is 38.3 Å². The van der Waals surface area contributed by atoms with Crippen molar-refractivity contribution in [3.8, 4) is 0 Å². The lowest BCUT2D eigenvalue weighted by Gasteiger charge is -2.32. The summed E-state index contributed by atoms with van der Waals surface area (Å²) >= 11 is 0. The number of benzene rings is 1. The van der Waals surface area contributed by atoms with Gasteiger partial charge in [0, 0.05) is 12.0 Å². The van der Waals surface area contributed by atoms with E-state index in [1.54, 1.807) is 13.8 Å². The van der Waals surface area contributed by atoms with Gasteiger partial charge in [-0.25, -0.2) is 8.42 Å². The average molecular weight is 299 g/mol. The highest BCUT2D eigenvalue weighted by Gasteiger charge is 2.33. The normalized spacial score (nSPS) is 15.3. The van der Waals surface area contributed by atoms with E-state index in [9.17, 15) is 13.5 Å². The quantitative estimate of drug-likeness (QED) is 0.797. The van der Waals surface area contributed by atoms with Gasteiger partial charge < -0.3 is 10.8 Å². The van der Waals surface area contributed by atoms with Gasteiger partial charge in [0.25, 0.3) is 0 Å². The molecule has 0 bridgehead atoms. The molecule has 0 amide bonds. The second kappa shape index (κ2) is 6.70. The number of nitrogens with two attached hydrogens (primary N) is 1. The lowest BCUT2D eigenvalue weighted by molar-refractivity contribution is 0.192. The molecule has 0 aliphatic heterocycles. The lowest BCUT2D eigenvalue weighted by Crippen LogP contribution is -2.41. The summed E-state index contributed by atoms with van der Waals surface area (Å²) in [4.78, 5) is 0. The van der Waals surface area contributed by atoms with Gasteiger partial charge in [0.05, 0.1) is 17.6 Å². The highest BCUT2D eigenvalue weighted by atomic mass is 32.2. The summed E-state index contributed by atoms with van der Waals surface area (Å²) in [5.74, 6) is 0.0385. The molecule has 20 heavy (non-hydrogen) atoms. The van der Waals surface area contributed by atoms with Crippen LogP contribution in [-0.4, -0.2) is 37.7 Å². The first-order valence-corrected chi connectivity index (χ1v) is 8.59. The van der Waals surface area contributed by atoms with Crippen LogP contribution < -0.4 is 5.73 Å². The van der Waals surface area contributed by atoms with E-state index in [0.717, 1.165) is 11.1 Å². The molecule has 1 unspecified atom stereocenters. The topological polar surface area (TPSA) is 80.4 Å². The van der Waals surface area contributed by atoms with Gasteiger partial charge in [-0.3, -0.25) is 0 Å². The number of hydrogen-bond donors (Lipinski definition) is 2. The van der Waals surface area contributed by atoms with Crippen LogP contribution in [0.5, 0.6) is 0 Å². The molecule has 0 radical (unpaired) electrons. The van der Waals surface area contributed by atoms with Gasteiger partial charge in [0.1, 0.15) is 0 Å². The third-order valence-corrected chi connectivity index (χ3v) is 6.20. The van der Waals surface area contributed by atoms with E-state index in [4.69, 9.17) is 5.73 Å². The molecular weight excluding hydrogens is 274 g/mol. The van der Waals surface area contributed by atoms with E-state index < -0.39 is 20.5 Å². The van der Waals surface area contributed by atoms with Crippen LogP contribution in [0.4, 0.5) is 0 Å². The SMILES string of the molecule is Cc1ccccc1C(CN)(CO)CCS(=O)(=O)C(C)C. The van der Waals surface area contributed by atoms with Crippen LogP contribution in [0.1, 0.15) is 31.4 Å². The summed E-state index contributed by atoms with van der Waals surface area (Å²) < 4.78 is 24.0. The summed E-state index contributed by atoms with van der Waals surface area (Å²) in [7, 11) is -3.14. The number of aliphatic hydroxyl groups excluding tert-OH is 1. The Hall–Kier alpha value is -0.910. The van der Waals surface area contributed by atoms with Crippen LogP contribution in [0.25, 0.3) is 0 Å². The van der Waals surface area contributed by atoms with E-state index in [1.165, 1.54) is 0 Å². The van der Waals surface area contributed by atoms with Crippen molar-refractivity contribution in [3.63, 3.8) is 0 Å². The second-order valence-electron chi connectivity index (χ2n) is 5.62. The van der Waals surface area contributed by atoms with Crippen LogP contribution in [0.2, 0.25) is 0 Å². The first kappa shape index (κ1) is 17.1. The smallest absolute Gasteiger partial charge is 0.152 e. The molecule has 114 valence electrons. The molecule has 4 nitrogen and oxygen atoms in total. The molecule has 0 saturated carbocycles. The lowest BCUT2D eigenvalue weighted by atomic mass is 9.77. The predicted octanol–water partition coefficient (Wildman–Crippen LogP) is 1.40. The highest BCUT2D eigenvalue weighted by Crippen LogP contribution is 2.30. The number of aliphatic hydroxyl groups is 1. The fraction of sp³-hybridized carbons (Fsp3) is 0.600. The molecule has 0 aliphatic carbocycles. The fourth-order valence-electron chi connectivity index (χ4n) is 2.32. The fourth-order valence-corrected chi connectivity index (χ4v) is 3.46. The highest BCUT2D eigenvalue weighted by molar-refractivity contribution is 7.91. The summed E-state index contributed by atoms with van der Waals surface area (Å²) in [5, 5.41) is 9.41. The average Bonchev–Trinajstić information content (AvgIpc) is 2.42. The van der Waals surface area contributed by atoms with Gasteiger partial charge in [-0.2, -0.15) is 0 Å². The molecule has 0 spiro atoms. The van der Waals surface area contributed by atoms with E-state index in [-0.39, 0.29) is 18.9 Å². The van der Waals surface area contributed by atoms with E-state index in [1.807, 2.05) is 31.2 Å².